The molecule has 1 aliphatic carbocycles. The summed E-state index contributed by atoms with van der Waals surface area (Å²) in [6.07, 6.45) is 1.65. The number of sulfonamides is 1. The third-order valence-electron chi connectivity index (χ3n) is 3.48. The van der Waals surface area contributed by atoms with Crippen molar-refractivity contribution in [2.45, 2.75) is 43.7 Å². The molecule has 1 unspecified atom stereocenters. The van der Waals surface area contributed by atoms with Crippen LogP contribution in [0.1, 0.15) is 37.0 Å². The zero-order chi connectivity index (χ0) is 17.9. The summed E-state index contributed by atoms with van der Waals surface area (Å²) < 4.78 is 27.5. The molecule has 0 radical (unpaired) electrons. The van der Waals surface area contributed by atoms with E-state index in [-0.39, 0.29) is 22.4 Å². The molecule has 132 valence electrons. The number of likely N-dealkylation sites (N-methyl/N-ethyl adjacent to an activating group) is 1. The fourth-order valence-corrected chi connectivity index (χ4v) is 3.76. The van der Waals surface area contributed by atoms with Crippen molar-refractivity contribution >= 4 is 37.8 Å². The third kappa shape index (κ3) is 4.78. The van der Waals surface area contributed by atoms with Crippen molar-refractivity contribution in [3.05, 3.63) is 28.2 Å². The second kappa shape index (κ2) is 7.62. The van der Waals surface area contributed by atoms with Gasteiger partial charge >= 0.3 is 0 Å². The number of amides is 2. The van der Waals surface area contributed by atoms with Crippen LogP contribution < -0.4 is 15.4 Å². The van der Waals surface area contributed by atoms with Gasteiger partial charge < -0.3 is 10.6 Å². The summed E-state index contributed by atoms with van der Waals surface area (Å²) in [6, 6.07) is 3.49. The van der Waals surface area contributed by atoms with Gasteiger partial charge in [0.15, 0.2) is 0 Å². The number of halogens is 1. The first-order chi connectivity index (χ1) is 11.2. The first-order valence-corrected chi connectivity index (χ1v) is 9.92. The first-order valence-electron chi connectivity index (χ1n) is 7.65. The summed E-state index contributed by atoms with van der Waals surface area (Å²) in [5, 5.41) is 5.17. The van der Waals surface area contributed by atoms with Gasteiger partial charge in [0.2, 0.25) is 15.9 Å². The number of hydrogen-bond donors (Lipinski definition) is 3. The average Bonchev–Trinajstić information content (AvgIpc) is 3.30. The molecule has 1 saturated carbocycles. The molecule has 1 aromatic carbocycles. The van der Waals surface area contributed by atoms with Gasteiger partial charge in [0.05, 0.1) is 10.5 Å². The van der Waals surface area contributed by atoms with E-state index in [1.165, 1.54) is 18.2 Å². The van der Waals surface area contributed by atoms with Crippen LogP contribution in [0.2, 0.25) is 0 Å². The van der Waals surface area contributed by atoms with E-state index in [0.29, 0.717) is 11.0 Å². The molecular formula is C15H20BrN3O4S. The highest BCUT2D eigenvalue weighted by atomic mass is 79.9. The van der Waals surface area contributed by atoms with Gasteiger partial charge in [-0.1, -0.05) is 0 Å². The van der Waals surface area contributed by atoms with E-state index in [1.54, 1.807) is 13.8 Å². The maximum atomic E-state index is 12.4. The lowest BCUT2D eigenvalue weighted by molar-refractivity contribution is -0.122. The van der Waals surface area contributed by atoms with Crippen LogP contribution in [0.5, 0.6) is 0 Å². The number of carbonyl (C=O) groups excluding carboxylic acids is 2. The van der Waals surface area contributed by atoms with Gasteiger partial charge in [-0.25, -0.2) is 13.1 Å². The standard InChI is InChI=1S/C15H20BrN3O4S/c1-3-17-14(20)9(2)18-15(21)12-8-11(6-7-13(12)16)24(22,23)19-10-4-5-10/h6-10,19H,3-5H2,1-2H3,(H,17,20)(H,18,21). The summed E-state index contributed by atoms with van der Waals surface area (Å²) in [5.41, 5.74) is 0.157. The van der Waals surface area contributed by atoms with Crippen LogP contribution in [0.3, 0.4) is 0 Å². The van der Waals surface area contributed by atoms with E-state index >= 15 is 0 Å². The Hall–Kier alpha value is -1.45. The second-order valence-corrected chi connectivity index (χ2v) is 8.20. The fraction of sp³-hybridized carbons (Fsp3) is 0.467. The Morgan fingerprint density at radius 2 is 2.00 bits per heavy atom. The Bertz CT molecular complexity index is 747. The molecule has 0 aliphatic heterocycles. The van der Waals surface area contributed by atoms with Crippen LogP contribution in [0, 0.1) is 0 Å². The van der Waals surface area contributed by atoms with Gasteiger partial charge in [0, 0.05) is 17.1 Å². The number of nitrogens with one attached hydrogen (secondary N) is 3. The SMILES string of the molecule is CCNC(=O)C(C)NC(=O)c1cc(S(=O)(=O)NC2CC2)ccc1Br. The lowest BCUT2D eigenvalue weighted by Crippen LogP contribution is -2.44. The molecule has 3 N–H and O–H groups in total. The zero-order valence-corrected chi connectivity index (χ0v) is 15.8. The minimum absolute atomic E-state index is 0.0197. The van der Waals surface area contributed by atoms with Crippen molar-refractivity contribution in [3.63, 3.8) is 0 Å². The van der Waals surface area contributed by atoms with Crippen molar-refractivity contribution in [3.8, 4) is 0 Å². The van der Waals surface area contributed by atoms with Crippen LogP contribution in [-0.2, 0) is 14.8 Å². The minimum Gasteiger partial charge on any atom is -0.355 e. The number of benzene rings is 1. The summed E-state index contributed by atoms with van der Waals surface area (Å²) in [6.45, 7) is 3.81. The normalized spacial score (nSPS) is 15.6. The molecule has 0 saturated heterocycles. The highest BCUT2D eigenvalue weighted by molar-refractivity contribution is 9.10. The highest BCUT2D eigenvalue weighted by Gasteiger charge is 2.29. The topological polar surface area (TPSA) is 104 Å². The van der Waals surface area contributed by atoms with Gasteiger partial charge in [0.25, 0.3) is 5.91 Å². The minimum atomic E-state index is -3.65. The Morgan fingerprint density at radius 3 is 2.58 bits per heavy atom. The van der Waals surface area contributed by atoms with E-state index in [4.69, 9.17) is 0 Å². The number of hydrogen-bond acceptors (Lipinski definition) is 4. The van der Waals surface area contributed by atoms with Gasteiger partial charge in [-0.2, -0.15) is 0 Å². The fourth-order valence-electron chi connectivity index (χ4n) is 2.00. The molecule has 2 amide bonds. The quantitative estimate of drug-likeness (QED) is 0.618. The van der Waals surface area contributed by atoms with Gasteiger partial charge in [-0.3, -0.25) is 9.59 Å². The Morgan fingerprint density at radius 1 is 1.33 bits per heavy atom. The molecule has 9 heteroatoms. The zero-order valence-electron chi connectivity index (χ0n) is 13.4. The molecule has 1 fully saturated rings. The maximum Gasteiger partial charge on any atom is 0.253 e. The molecule has 1 aliphatic rings. The Balaban J connectivity index is 2.18. The third-order valence-corrected chi connectivity index (χ3v) is 5.69. The van der Waals surface area contributed by atoms with E-state index in [1.807, 2.05) is 0 Å². The van der Waals surface area contributed by atoms with E-state index in [9.17, 15) is 18.0 Å². The molecule has 0 spiro atoms. The molecule has 2 rings (SSSR count). The van der Waals surface area contributed by atoms with Gasteiger partial charge in [-0.15, -0.1) is 0 Å². The van der Waals surface area contributed by atoms with Gasteiger partial charge in [0.1, 0.15) is 6.04 Å². The maximum absolute atomic E-state index is 12.4. The molecular weight excluding hydrogens is 398 g/mol. The Labute approximate surface area is 149 Å². The van der Waals surface area contributed by atoms with Crippen molar-refractivity contribution in [1.82, 2.24) is 15.4 Å². The smallest absolute Gasteiger partial charge is 0.253 e. The van der Waals surface area contributed by atoms with Crippen LogP contribution >= 0.6 is 15.9 Å². The molecule has 1 atom stereocenters. The van der Waals surface area contributed by atoms with Crippen LogP contribution in [0.25, 0.3) is 0 Å². The van der Waals surface area contributed by atoms with Crippen molar-refractivity contribution in [1.29, 1.82) is 0 Å². The van der Waals surface area contributed by atoms with Gasteiger partial charge in [-0.05, 0) is 60.8 Å². The van der Waals surface area contributed by atoms with Crippen LogP contribution in [0.15, 0.2) is 27.6 Å². The molecule has 24 heavy (non-hydrogen) atoms. The second-order valence-electron chi connectivity index (χ2n) is 5.63. The molecule has 0 heterocycles. The van der Waals surface area contributed by atoms with E-state index in [2.05, 4.69) is 31.3 Å². The first kappa shape index (κ1) is 18.9. The summed E-state index contributed by atoms with van der Waals surface area (Å²) in [4.78, 5) is 24.1. The largest absolute Gasteiger partial charge is 0.355 e. The van der Waals surface area contributed by atoms with Crippen molar-refractivity contribution in [2.75, 3.05) is 6.54 Å². The number of carbonyl (C=O) groups is 2. The van der Waals surface area contributed by atoms with E-state index < -0.39 is 22.0 Å². The number of rotatable bonds is 7. The summed E-state index contributed by atoms with van der Waals surface area (Å²) >= 11 is 3.24. The van der Waals surface area contributed by atoms with Crippen molar-refractivity contribution in [2.24, 2.45) is 0 Å². The highest BCUT2D eigenvalue weighted by Crippen LogP contribution is 2.25. The monoisotopic (exact) mass is 417 g/mol. The average molecular weight is 418 g/mol. The van der Waals surface area contributed by atoms with E-state index in [0.717, 1.165) is 12.8 Å². The van der Waals surface area contributed by atoms with Crippen molar-refractivity contribution < 1.29 is 18.0 Å². The predicted octanol–water partition coefficient (Wildman–Crippen LogP) is 1.14. The summed E-state index contributed by atoms with van der Waals surface area (Å²) in [5.74, 6) is -0.828. The lowest BCUT2D eigenvalue weighted by atomic mass is 10.2. The Kier molecular flexibility index (Phi) is 6.00. The lowest BCUT2D eigenvalue weighted by Gasteiger charge is -2.15. The molecule has 7 nitrogen and oxygen atoms in total. The predicted molar refractivity (Wildman–Crippen MR) is 93.1 cm³/mol. The molecule has 1 aromatic rings. The molecule has 0 aromatic heterocycles. The van der Waals surface area contributed by atoms with Crippen LogP contribution in [-0.4, -0.2) is 38.9 Å². The summed E-state index contributed by atoms with van der Waals surface area (Å²) in [7, 11) is -3.65. The molecule has 0 bridgehead atoms. The van der Waals surface area contributed by atoms with Crippen LogP contribution in [0.4, 0.5) is 0 Å².